The summed E-state index contributed by atoms with van der Waals surface area (Å²) in [6.07, 6.45) is 0.0435. The first kappa shape index (κ1) is 18.4. The van der Waals surface area contributed by atoms with E-state index in [-0.39, 0.29) is 43.7 Å². The first-order chi connectivity index (χ1) is 13.0. The number of hydrogen-bond acceptors (Lipinski definition) is 3. The number of anilines is 2. The number of amides is 4. The molecule has 140 valence electrons. The Balaban J connectivity index is 1.48. The van der Waals surface area contributed by atoms with Gasteiger partial charge >= 0.3 is 6.03 Å². The van der Waals surface area contributed by atoms with E-state index in [1.807, 2.05) is 0 Å². The molecule has 27 heavy (non-hydrogen) atoms. The standard InChI is InChI=1S/C19H19FN4O3/c20-14-6-2-1-5-13(14)11-22-17(25)9-10-21-19(27)24-12-18(26)23-15-7-3-4-8-16(15)24/h1-8H,9-12H2,(H,21,27)(H,22,25)(H,23,26). The van der Waals surface area contributed by atoms with Crippen LogP contribution in [-0.4, -0.2) is 30.9 Å². The predicted octanol–water partition coefficient (Wildman–Crippen LogP) is 2.00. The molecule has 2 aromatic rings. The summed E-state index contributed by atoms with van der Waals surface area (Å²) < 4.78 is 13.5. The molecule has 4 amide bonds. The summed E-state index contributed by atoms with van der Waals surface area (Å²) in [6.45, 7) is 0.0870. The van der Waals surface area contributed by atoms with Crippen LogP contribution in [0, 0.1) is 5.82 Å². The fraction of sp³-hybridized carbons (Fsp3) is 0.211. The van der Waals surface area contributed by atoms with Crippen molar-refractivity contribution in [1.29, 1.82) is 0 Å². The number of halogens is 1. The van der Waals surface area contributed by atoms with Crippen LogP contribution in [0.5, 0.6) is 0 Å². The molecule has 0 fully saturated rings. The van der Waals surface area contributed by atoms with Gasteiger partial charge in [-0.1, -0.05) is 30.3 Å². The van der Waals surface area contributed by atoms with Gasteiger partial charge in [0.15, 0.2) is 0 Å². The van der Waals surface area contributed by atoms with Crippen LogP contribution in [0.2, 0.25) is 0 Å². The second-order valence-electron chi connectivity index (χ2n) is 6.00. The van der Waals surface area contributed by atoms with Crippen LogP contribution in [0.1, 0.15) is 12.0 Å². The van der Waals surface area contributed by atoms with Crippen LogP contribution >= 0.6 is 0 Å². The number of nitrogens with zero attached hydrogens (tertiary/aromatic N) is 1. The molecule has 0 aromatic heterocycles. The monoisotopic (exact) mass is 370 g/mol. The number of rotatable bonds is 5. The van der Waals surface area contributed by atoms with Crippen LogP contribution < -0.4 is 20.9 Å². The molecule has 0 saturated carbocycles. The number of carbonyl (C=O) groups is 3. The van der Waals surface area contributed by atoms with Crippen LogP contribution in [0.25, 0.3) is 0 Å². The highest BCUT2D eigenvalue weighted by Crippen LogP contribution is 2.28. The fourth-order valence-corrected chi connectivity index (χ4v) is 2.72. The summed E-state index contributed by atoms with van der Waals surface area (Å²) in [5.41, 5.74) is 1.55. The molecular weight excluding hydrogens is 351 g/mol. The Morgan fingerprint density at radius 3 is 2.63 bits per heavy atom. The van der Waals surface area contributed by atoms with E-state index in [9.17, 15) is 18.8 Å². The lowest BCUT2D eigenvalue weighted by atomic mass is 10.2. The molecule has 0 spiro atoms. The SMILES string of the molecule is O=C(CCNC(=O)N1CC(=O)Nc2ccccc21)NCc1ccccc1F. The van der Waals surface area contributed by atoms with Crippen LogP contribution in [0.15, 0.2) is 48.5 Å². The first-order valence-corrected chi connectivity index (χ1v) is 8.49. The average molecular weight is 370 g/mol. The third-order valence-electron chi connectivity index (χ3n) is 4.08. The van der Waals surface area contributed by atoms with Gasteiger partial charge in [-0.2, -0.15) is 0 Å². The van der Waals surface area contributed by atoms with E-state index >= 15 is 0 Å². The quantitative estimate of drug-likeness (QED) is 0.752. The normalized spacial score (nSPS) is 12.8. The number of para-hydroxylation sites is 2. The van der Waals surface area contributed by atoms with Crippen molar-refractivity contribution in [2.75, 3.05) is 23.3 Å². The summed E-state index contributed by atoms with van der Waals surface area (Å²) in [6, 6.07) is 12.7. The first-order valence-electron chi connectivity index (χ1n) is 8.49. The van der Waals surface area contributed by atoms with E-state index in [0.717, 1.165) is 0 Å². The zero-order chi connectivity index (χ0) is 19.2. The molecule has 1 aliphatic heterocycles. The molecule has 0 bridgehead atoms. The smallest absolute Gasteiger partial charge is 0.322 e. The average Bonchev–Trinajstić information content (AvgIpc) is 2.66. The minimum absolute atomic E-state index is 0.0435. The molecule has 0 unspecified atom stereocenters. The van der Waals surface area contributed by atoms with Gasteiger partial charge in [-0.15, -0.1) is 0 Å². The third kappa shape index (κ3) is 4.60. The Morgan fingerprint density at radius 2 is 1.81 bits per heavy atom. The van der Waals surface area contributed by atoms with E-state index in [2.05, 4.69) is 16.0 Å². The van der Waals surface area contributed by atoms with E-state index in [4.69, 9.17) is 0 Å². The largest absolute Gasteiger partial charge is 0.352 e. The maximum Gasteiger partial charge on any atom is 0.322 e. The molecule has 1 aliphatic rings. The zero-order valence-electron chi connectivity index (χ0n) is 14.5. The van der Waals surface area contributed by atoms with Crippen molar-refractivity contribution in [2.45, 2.75) is 13.0 Å². The van der Waals surface area contributed by atoms with Crippen molar-refractivity contribution in [1.82, 2.24) is 10.6 Å². The van der Waals surface area contributed by atoms with Gasteiger partial charge in [0.2, 0.25) is 11.8 Å². The fourth-order valence-electron chi connectivity index (χ4n) is 2.72. The molecule has 3 rings (SSSR count). The molecule has 1 heterocycles. The summed E-state index contributed by atoms with van der Waals surface area (Å²) in [4.78, 5) is 37.3. The molecular formula is C19H19FN4O3. The zero-order valence-corrected chi connectivity index (χ0v) is 14.5. The third-order valence-corrected chi connectivity index (χ3v) is 4.08. The van der Waals surface area contributed by atoms with Crippen LogP contribution in [0.4, 0.5) is 20.6 Å². The lowest BCUT2D eigenvalue weighted by Crippen LogP contribution is -2.47. The van der Waals surface area contributed by atoms with Gasteiger partial charge in [0.05, 0.1) is 11.4 Å². The molecule has 0 aliphatic carbocycles. The highest BCUT2D eigenvalue weighted by molar-refractivity contribution is 6.09. The van der Waals surface area contributed by atoms with Crippen molar-refractivity contribution in [3.05, 3.63) is 59.9 Å². The lowest BCUT2D eigenvalue weighted by molar-refractivity contribution is -0.121. The van der Waals surface area contributed by atoms with E-state index in [1.54, 1.807) is 42.5 Å². The predicted molar refractivity (Wildman–Crippen MR) is 98.7 cm³/mol. The highest BCUT2D eigenvalue weighted by atomic mass is 19.1. The second-order valence-corrected chi connectivity index (χ2v) is 6.00. The van der Waals surface area contributed by atoms with Crippen molar-refractivity contribution in [2.24, 2.45) is 0 Å². The molecule has 0 atom stereocenters. The van der Waals surface area contributed by atoms with E-state index in [0.29, 0.717) is 16.9 Å². The molecule has 0 radical (unpaired) electrons. The Bertz CT molecular complexity index is 872. The highest BCUT2D eigenvalue weighted by Gasteiger charge is 2.26. The maximum atomic E-state index is 13.5. The van der Waals surface area contributed by atoms with Crippen molar-refractivity contribution < 1.29 is 18.8 Å². The van der Waals surface area contributed by atoms with Gasteiger partial charge < -0.3 is 16.0 Å². The van der Waals surface area contributed by atoms with Gasteiger partial charge in [0, 0.05) is 25.1 Å². The van der Waals surface area contributed by atoms with Crippen LogP contribution in [0.3, 0.4) is 0 Å². The Labute approximate surface area is 155 Å². The number of benzene rings is 2. The summed E-state index contributed by atoms with van der Waals surface area (Å²) in [5.74, 6) is -0.977. The maximum absolute atomic E-state index is 13.5. The Hall–Kier alpha value is -3.42. The van der Waals surface area contributed by atoms with Crippen LogP contribution in [-0.2, 0) is 16.1 Å². The number of nitrogens with one attached hydrogen (secondary N) is 3. The molecule has 8 heteroatoms. The second kappa shape index (κ2) is 8.31. The van der Waals surface area contributed by atoms with E-state index < -0.39 is 6.03 Å². The molecule has 7 nitrogen and oxygen atoms in total. The topological polar surface area (TPSA) is 90.5 Å². The molecule has 2 aromatic carbocycles. The minimum Gasteiger partial charge on any atom is -0.352 e. The summed E-state index contributed by atoms with van der Waals surface area (Å²) in [7, 11) is 0. The van der Waals surface area contributed by atoms with Gasteiger partial charge in [-0.3, -0.25) is 14.5 Å². The number of fused-ring (bicyclic) bond motifs is 1. The summed E-state index contributed by atoms with van der Waals surface area (Å²) in [5, 5.41) is 7.93. The molecule has 3 N–H and O–H groups in total. The Kier molecular flexibility index (Phi) is 5.65. The summed E-state index contributed by atoms with van der Waals surface area (Å²) >= 11 is 0. The van der Waals surface area contributed by atoms with Crippen molar-refractivity contribution in [3.8, 4) is 0 Å². The molecule has 0 saturated heterocycles. The Morgan fingerprint density at radius 1 is 1.07 bits per heavy atom. The van der Waals surface area contributed by atoms with Gasteiger partial charge in [-0.25, -0.2) is 9.18 Å². The number of urea groups is 1. The van der Waals surface area contributed by atoms with Gasteiger partial charge in [-0.05, 0) is 18.2 Å². The number of hydrogen-bond donors (Lipinski definition) is 3. The van der Waals surface area contributed by atoms with Gasteiger partial charge in [0.25, 0.3) is 0 Å². The van der Waals surface area contributed by atoms with E-state index in [1.165, 1.54) is 11.0 Å². The van der Waals surface area contributed by atoms with Crippen molar-refractivity contribution >= 4 is 29.2 Å². The van der Waals surface area contributed by atoms with Crippen molar-refractivity contribution in [3.63, 3.8) is 0 Å². The van der Waals surface area contributed by atoms with Gasteiger partial charge in [0.1, 0.15) is 12.4 Å². The minimum atomic E-state index is -0.459. The lowest BCUT2D eigenvalue weighted by Gasteiger charge is -2.29. The number of carbonyl (C=O) groups excluding carboxylic acids is 3.